The lowest BCUT2D eigenvalue weighted by Crippen LogP contribution is -2.60. The summed E-state index contributed by atoms with van der Waals surface area (Å²) in [5.41, 5.74) is 1.43. The molecule has 1 fully saturated rings. The molecule has 4 N–H and O–H groups in total. The van der Waals surface area contributed by atoms with E-state index >= 15 is 0 Å². The van der Waals surface area contributed by atoms with Crippen LogP contribution in [0.1, 0.15) is 0 Å². The number of nitrogens with zero attached hydrogens (tertiary/aromatic N) is 2. The van der Waals surface area contributed by atoms with Crippen molar-refractivity contribution in [3.05, 3.63) is 58.8 Å². The topological polar surface area (TPSA) is 157 Å². The monoisotopic (exact) mass is 446 g/mol. The molecule has 0 bridgehead atoms. The Morgan fingerprint density at radius 3 is 2.53 bits per heavy atom. The van der Waals surface area contributed by atoms with Crippen molar-refractivity contribution in [3.63, 3.8) is 0 Å². The highest BCUT2D eigenvalue weighted by Crippen LogP contribution is 2.34. The summed E-state index contributed by atoms with van der Waals surface area (Å²) < 4.78 is 18.3. The van der Waals surface area contributed by atoms with Gasteiger partial charge in [0.1, 0.15) is 24.4 Å². The van der Waals surface area contributed by atoms with Gasteiger partial charge in [0, 0.05) is 35.5 Å². The summed E-state index contributed by atoms with van der Waals surface area (Å²) in [4.78, 5) is 10.6. The van der Waals surface area contributed by atoms with Crippen molar-refractivity contribution in [2.24, 2.45) is 0 Å². The number of nitro benzene ring substituents is 1. The van der Waals surface area contributed by atoms with Gasteiger partial charge in [-0.2, -0.15) is 0 Å². The molecule has 4 rings (SSSR count). The molecule has 11 heteroatoms. The lowest BCUT2D eigenvalue weighted by atomic mass is 9.99. The van der Waals surface area contributed by atoms with Gasteiger partial charge in [0.2, 0.25) is 6.29 Å². The van der Waals surface area contributed by atoms with Crippen molar-refractivity contribution in [1.29, 1.82) is 0 Å². The van der Waals surface area contributed by atoms with Gasteiger partial charge in [-0.05, 0) is 24.3 Å². The summed E-state index contributed by atoms with van der Waals surface area (Å²) in [6, 6.07) is 11.3. The van der Waals surface area contributed by atoms with Gasteiger partial charge in [0.15, 0.2) is 11.5 Å². The Labute approximate surface area is 181 Å². The molecule has 170 valence electrons. The van der Waals surface area contributed by atoms with E-state index < -0.39 is 42.2 Å². The van der Waals surface area contributed by atoms with Gasteiger partial charge in [-0.1, -0.05) is 0 Å². The number of aliphatic hydroxyl groups excluding tert-OH is 4. The van der Waals surface area contributed by atoms with E-state index in [1.807, 2.05) is 4.57 Å². The second-order valence-corrected chi connectivity index (χ2v) is 7.34. The van der Waals surface area contributed by atoms with Crippen LogP contribution in [0.5, 0.6) is 11.5 Å². The number of aliphatic hydroxyl groups is 4. The zero-order valence-corrected chi connectivity index (χ0v) is 16.9. The number of rotatable bonds is 6. The van der Waals surface area contributed by atoms with Crippen LogP contribution in [0.3, 0.4) is 0 Å². The molecule has 0 saturated carbocycles. The van der Waals surface area contributed by atoms with Crippen molar-refractivity contribution in [3.8, 4) is 17.2 Å². The highest BCUT2D eigenvalue weighted by Gasteiger charge is 2.44. The van der Waals surface area contributed by atoms with Gasteiger partial charge >= 0.3 is 0 Å². The van der Waals surface area contributed by atoms with E-state index in [4.69, 9.17) is 14.2 Å². The SMILES string of the molecule is COc1cc(-n2ccc3cc([N+](=O)[O-])ccc32)ccc1O[C@H]1OC(CO)[C@@H](O)C(O)C1O. The summed E-state index contributed by atoms with van der Waals surface area (Å²) in [6.07, 6.45) is -5.29. The summed E-state index contributed by atoms with van der Waals surface area (Å²) in [7, 11) is 1.43. The number of non-ortho nitro benzene ring substituents is 1. The molecule has 11 nitrogen and oxygen atoms in total. The minimum Gasteiger partial charge on any atom is -0.493 e. The second-order valence-electron chi connectivity index (χ2n) is 7.34. The quantitative estimate of drug-likeness (QED) is 0.316. The average molecular weight is 446 g/mol. The van der Waals surface area contributed by atoms with E-state index in [9.17, 15) is 30.5 Å². The van der Waals surface area contributed by atoms with Gasteiger partial charge in [-0.25, -0.2) is 0 Å². The van der Waals surface area contributed by atoms with Crippen LogP contribution in [0.2, 0.25) is 0 Å². The molecule has 1 aromatic heterocycles. The number of aromatic nitrogens is 1. The Hall–Kier alpha value is -3.22. The standard InChI is InChI=1S/C21H22N2O9/c1-30-16-9-12(22-7-6-11-8-13(23(28)29)2-4-14(11)22)3-5-15(16)31-21-20(27)19(26)18(25)17(10-24)32-21/h2-9,17-21,24-27H,10H2,1H3/t17?,18-,19?,20?,21+/m1/s1. The third-order valence-corrected chi connectivity index (χ3v) is 5.40. The van der Waals surface area contributed by atoms with Crippen molar-refractivity contribution < 1.29 is 39.6 Å². The largest absolute Gasteiger partial charge is 0.493 e. The van der Waals surface area contributed by atoms with Crippen molar-refractivity contribution >= 4 is 16.6 Å². The van der Waals surface area contributed by atoms with Gasteiger partial charge in [-0.15, -0.1) is 0 Å². The summed E-state index contributed by atoms with van der Waals surface area (Å²) in [5.74, 6) is 0.496. The van der Waals surface area contributed by atoms with Crippen LogP contribution >= 0.6 is 0 Å². The molecular weight excluding hydrogens is 424 g/mol. The van der Waals surface area contributed by atoms with E-state index in [0.29, 0.717) is 16.8 Å². The first-order chi connectivity index (χ1) is 15.3. The lowest BCUT2D eigenvalue weighted by Gasteiger charge is -2.39. The zero-order chi connectivity index (χ0) is 23.0. The first-order valence-electron chi connectivity index (χ1n) is 9.75. The number of benzene rings is 2. The highest BCUT2D eigenvalue weighted by molar-refractivity contribution is 5.84. The van der Waals surface area contributed by atoms with Gasteiger partial charge in [-0.3, -0.25) is 10.1 Å². The second kappa shape index (κ2) is 8.73. The number of methoxy groups -OCH3 is 1. The van der Waals surface area contributed by atoms with Crippen molar-refractivity contribution in [2.45, 2.75) is 30.7 Å². The maximum absolute atomic E-state index is 11.0. The molecular formula is C21H22N2O9. The molecule has 2 heterocycles. The van der Waals surface area contributed by atoms with Crippen molar-refractivity contribution in [2.75, 3.05) is 13.7 Å². The minimum atomic E-state index is -1.56. The molecule has 0 radical (unpaired) electrons. The first kappa shape index (κ1) is 22.0. The van der Waals surface area contributed by atoms with Gasteiger partial charge < -0.3 is 39.2 Å². The van der Waals surface area contributed by atoms with Crippen LogP contribution in [0.4, 0.5) is 5.69 Å². The van der Waals surface area contributed by atoms with Crippen LogP contribution in [-0.2, 0) is 4.74 Å². The number of hydrogen-bond acceptors (Lipinski definition) is 9. The third-order valence-electron chi connectivity index (χ3n) is 5.40. The molecule has 0 amide bonds. The molecule has 1 aliphatic rings. The lowest BCUT2D eigenvalue weighted by molar-refractivity contribution is -0.384. The average Bonchev–Trinajstić information content (AvgIpc) is 3.22. The Morgan fingerprint density at radius 1 is 1.06 bits per heavy atom. The summed E-state index contributed by atoms with van der Waals surface area (Å²) in [5, 5.41) is 51.1. The van der Waals surface area contributed by atoms with Crippen LogP contribution in [0.15, 0.2) is 48.7 Å². The van der Waals surface area contributed by atoms with E-state index in [0.717, 1.165) is 5.52 Å². The fourth-order valence-corrected chi connectivity index (χ4v) is 3.66. The first-order valence-corrected chi connectivity index (χ1v) is 9.75. The molecule has 1 saturated heterocycles. The maximum Gasteiger partial charge on any atom is 0.270 e. The summed E-state index contributed by atoms with van der Waals surface area (Å²) >= 11 is 0. The maximum atomic E-state index is 11.0. The summed E-state index contributed by atoms with van der Waals surface area (Å²) in [6.45, 7) is -0.570. The Bertz CT molecular complexity index is 1130. The third kappa shape index (κ3) is 3.87. The zero-order valence-electron chi connectivity index (χ0n) is 16.9. The van der Waals surface area contributed by atoms with E-state index in [1.54, 1.807) is 36.5 Å². The Kier molecular flexibility index (Phi) is 6.00. The number of fused-ring (bicyclic) bond motifs is 1. The highest BCUT2D eigenvalue weighted by atomic mass is 16.7. The van der Waals surface area contributed by atoms with Gasteiger partial charge in [0.05, 0.1) is 24.2 Å². The molecule has 5 atom stereocenters. The number of hydrogen-bond donors (Lipinski definition) is 4. The van der Waals surface area contributed by atoms with Crippen LogP contribution in [0, 0.1) is 10.1 Å². The Balaban J connectivity index is 1.63. The molecule has 0 spiro atoms. The predicted octanol–water partition coefficient (Wildman–Crippen LogP) is 0.726. The molecule has 3 unspecified atom stereocenters. The number of ether oxygens (including phenoxy) is 3. The van der Waals surface area contributed by atoms with Crippen molar-refractivity contribution in [1.82, 2.24) is 4.57 Å². The fraction of sp³-hybridized carbons (Fsp3) is 0.333. The molecule has 2 aromatic carbocycles. The normalized spacial score (nSPS) is 25.6. The van der Waals surface area contributed by atoms with Crippen LogP contribution in [0.25, 0.3) is 16.6 Å². The smallest absolute Gasteiger partial charge is 0.270 e. The Morgan fingerprint density at radius 2 is 1.84 bits per heavy atom. The van der Waals surface area contributed by atoms with E-state index in [-0.39, 0.29) is 11.4 Å². The fourth-order valence-electron chi connectivity index (χ4n) is 3.66. The predicted molar refractivity (Wildman–Crippen MR) is 111 cm³/mol. The molecule has 0 aliphatic carbocycles. The van der Waals surface area contributed by atoms with E-state index in [1.165, 1.54) is 19.2 Å². The van der Waals surface area contributed by atoms with Crippen LogP contribution in [-0.4, -0.2) is 74.3 Å². The molecule has 3 aromatic rings. The molecule has 1 aliphatic heterocycles. The number of nitro groups is 1. The minimum absolute atomic E-state index is 0.00360. The van der Waals surface area contributed by atoms with Crippen LogP contribution < -0.4 is 9.47 Å². The van der Waals surface area contributed by atoms with E-state index in [2.05, 4.69) is 0 Å². The van der Waals surface area contributed by atoms with Gasteiger partial charge in [0.25, 0.3) is 5.69 Å². The molecule has 32 heavy (non-hydrogen) atoms.